The Morgan fingerprint density at radius 2 is 1.85 bits per heavy atom. The van der Waals surface area contributed by atoms with Gasteiger partial charge in [-0.05, 0) is 61.9 Å². The maximum atomic E-state index is 11.9. The molecule has 3 heterocycles. The summed E-state index contributed by atoms with van der Waals surface area (Å²) in [6.45, 7) is 4.32. The number of ether oxygens (including phenoxy) is 4. The van der Waals surface area contributed by atoms with Gasteiger partial charge in [-0.1, -0.05) is 24.3 Å². The highest BCUT2D eigenvalue weighted by atomic mass is 16.5. The van der Waals surface area contributed by atoms with Gasteiger partial charge in [-0.15, -0.1) is 5.10 Å². The number of rotatable bonds is 12. The van der Waals surface area contributed by atoms with Crippen LogP contribution in [-0.2, 0) is 22.7 Å². The monoisotopic (exact) mass is 555 g/mol. The molecular formula is C31H29N3O7. The minimum Gasteiger partial charge on any atom is -0.493 e. The Morgan fingerprint density at radius 1 is 1.00 bits per heavy atom. The first-order valence-corrected chi connectivity index (χ1v) is 13.0. The summed E-state index contributed by atoms with van der Waals surface area (Å²) in [6.07, 6.45) is 4.58. The van der Waals surface area contributed by atoms with Gasteiger partial charge in [-0.25, -0.2) is 14.5 Å². The van der Waals surface area contributed by atoms with E-state index in [2.05, 4.69) is 10.1 Å². The summed E-state index contributed by atoms with van der Waals surface area (Å²) < 4.78 is 35.3. The van der Waals surface area contributed by atoms with Crippen LogP contribution in [0.25, 0.3) is 23.4 Å². The van der Waals surface area contributed by atoms with E-state index in [0.717, 1.165) is 11.3 Å². The van der Waals surface area contributed by atoms with Crippen molar-refractivity contribution in [3.05, 3.63) is 102 Å². The number of esters is 1. The maximum absolute atomic E-state index is 11.9. The fourth-order valence-corrected chi connectivity index (χ4v) is 3.97. The Balaban J connectivity index is 1.27. The molecule has 10 nitrogen and oxygen atoms in total. The molecule has 0 saturated carbocycles. The van der Waals surface area contributed by atoms with Crippen molar-refractivity contribution in [2.45, 2.75) is 27.1 Å². The standard InChI is InChI=1S/C31H29N3O7/c1-4-37-30(35)15-13-24-18-29(33-34(24)23-9-6-5-7-10-23)40-19-22-12-14-26(28(17-22)36-3)39-20-25-21(2)41-31(32-25)27-11-8-16-38-27/h5-18H,4,19-20H2,1-3H3. The van der Waals surface area contributed by atoms with Crippen LogP contribution in [0.15, 0.2) is 87.9 Å². The molecular weight excluding hydrogens is 526 g/mol. The van der Waals surface area contributed by atoms with E-state index < -0.39 is 5.97 Å². The number of para-hydroxylation sites is 1. The molecule has 0 N–H and O–H groups in total. The Labute approximate surface area is 236 Å². The minimum absolute atomic E-state index is 0.196. The Hall–Kier alpha value is -5.25. The molecule has 0 fully saturated rings. The van der Waals surface area contributed by atoms with Crippen molar-refractivity contribution in [1.82, 2.24) is 14.8 Å². The van der Waals surface area contributed by atoms with Crippen molar-refractivity contribution in [3.8, 4) is 34.7 Å². The third-order valence-electron chi connectivity index (χ3n) is 6.00. The van der Waals surface area contributed by atoms with E-state index in [1.54, 1.807) is 49.3 Å². The minimum atomic E-state index is -0.429. The highest BCUT2D eigenvalue weighted by Gasteiger charge is 2.16. The van der Waals surface area contributed by atoms with Crippen LogP contribution < -0.4 is 14.2 Å². The SMILES string of the molecule is CCOC(=O)C=Cc1cc(OCc2ccc(OCc3nc(-c4ccco4)oc3C)c(OC)c2)nn1-c1ccccc1. The van der Waals surface area contributed by atoms with Crippen LogP contribution in [-0.4, -0.2) is 34.5 Å². The molecule has 41 heavy (non-hydrogen) atoms. The van der Waals surface area contributed by atoms with Crippen LogP contribution in [0, 0.1) is 6.92 Å². The number of methoxy groups -OCH3 is 1. The molecule has 0 aliphatic rings. The molecule has 0 unspecified atom stereocenters. The number of furan rings is 1. The van der Waals surface area contributed by atoms with Crippen molar-refractivity contribution in [1.29, 1.82) is 0 Å². The van der Waals surface area contributed by atoms with Crippen LogP contribution >= 0.6 is 0 Å². The molecule has 5 aromatic rings. The number of hydrogen-bond acceptors (Lipinski definition) is 9. The van der Waals surface area contributed by atoms with Crippen LogP contribution in [0.4, 0.5) is 0 Å². The van der Waals surface area contributed by atoms with E-state index in [0.29, 0.717) is 52.8 Å². The first-order valence-electron chi connectivity index (χ1n) is 13.0. The number of carbonyl (C=O) groups is 1. The topological polar surface area (TPSA) is 111 Å². The molecule has 0 aliphatic heterocycles. The van der Waals surface area contributed by atoms with Crippen LogP contribution in [0.1, 0.15) is 29.6 Å². The van der Waals surface area contributed by atoms with Gasteiger partial charge >= 0.3 is 5.97 Å². The van der Waals surface area contributed by atoms with Gasteiger partial charge in [0.2, 0.25) is 5.88 Å². The summed E-state index contributed by atoms with van der Waals surface area (Å²) >= 11 is 0. The Kier molecular flexibility index (Phi) is 8.49. The normalized spacial score (nSPS) is 11.1. The Bertz CT molecular complexity index is 1620. The van der Waals surface area contributed by atoms with Gasteiger partial charge < -0.3 is 27.8 Å². The largest absolute Gasteiger partial charge is 0.493 e. The number of benzene rings is 2. The van der Waals surface area contributed by atoms with Gasteiger partial charge in [0.05, 0.1) is 31.4 Å². The predicted molar refractivity (Wildman–Crippen MR) is 150 cm³/mol. The van der Waals surface area contributed by atoms with Gasteiger partial charge in [-0.2, -0.15) is 0 Å². The third kappa shape index (κ3) is 6.67. The number of aryl methyl sites for hydroxylation is 1. The summed E-state index contributed by atoms with van der Waals surface area (Å²) in [5.41, 5.74) is 3.00. The van der Waals surface area contributed by atoms with Crippen LogP contribution in [0.3, 0.4) is 0 Å². The highest BCUT2D eigenvalue weighted by Crippen LogP contribution is 2.30. The first-order chi connectivity index (χ1) is 20.0. The van der Waals surface area contributed by atoms with Gasteiger partial charge in [0.15, 0.2) is 17.3 Å². The second kappa shape index (κ2) is 12.7. The molecule has 0 radical (unpaired) electrons. The number of oxazole rings is 1. The van der Waals surface area contributed by atoms with Gasteiger partial charge in [0, 0.05) is 12.1 Å². The summed E-state index contributed by atoms with van der Waals surface area (Å²) in [6, 6.07) is 20.4. The molecule has 0 atom stereocenters. The summed E-state index contributed by atoms with van der Waals surface area (Å²) in [7, 11) is 1.58. The quantitative estimate of drug-likeness (QED) is 0.132. The molecule has 210 valence electrons. The van der Waals surface area contributed by atoms with Crippen molar-refractivity contribution in [2.75, 3.05) is 13.7 Å². The molecule has 0 aliphatic carbocycles. The maximum Gasteiger partial charge on any atom is 0.330 e. The molecule has 3 aromatic heterocycles. The lowest BCUT2D eigenvalue weighted by molar-refractivity contribution is -0.137. The van der Waals surface area contributed by atoms with E-state index in [-0.39, 0.29) is 13.2 Å². The van der Waals surface area contributed by atoms with Gasteiger partial charge in [-0.3, -0.25) is 0 Å². The first kappa shape index (κ1) is 27.3. The zero-order valence-electron chi connectivity index (χ0n) is 22.9. The molecule has 0 spiro atoms. The fraction of sp³-hybridized carbons (Fsp3) is 0.194. The van der Waals surface area contributed by atoms with Crippen LogP contribution in [0.5, 0.6) is 17.4 Å². The smallest absolute Gasteiger partial charge is 0.330 e. The molecule has 0 amide bonds. The zero-order valence-corrected chi connectivity index (χ0v) is 22.9. The lowest BCUT2D eigenvalue weighted by Crippen LogP contribution is -2.02. The molecule has 2 aromatic carbocycles. The lowest BCUT2D eigenvalue weighted by atomic mass is 10.2. The molecule has 0 bridgehead atoms. The van der Waals surface area contributed by atoms with E-state index in [4.69, 9.17) is 27.8 Å². The van der Waals surface area contributed by atoms with Crippen molar-refractivity contribution >= 4 is 12.0 Å². The molecule has 0 saturated heterocycles. The average Bonchev–Trinajstić information content (AvgIpc) is 3.75. The number of aromatic nitrogens is 3. The molecule has 10 heteroatoms. The average molecular weight is 556 g/mol. The predicted octanol–water partition coefficient (Wildman–Crippen LogP) is 6.17. The number of nitrogens with zero attached hydrogens (tertiary/aromatic N) is 3. The Morgan fingerprint density at radius 3 is 2.61 bits per heavy atom. The van der Waals surface area contributed by atoms with Gasteiger partial charge in [0.1, 0.15) is 24.7 Å². The summed E-state index contributed by atoms with van der Waals surface area (Å²) in [5.74, 6) is 2.67. The number of carbonyl (C=O) groups excluding carboxylic acids is 1. The van der Waals surface area contributed by atoms with Gasteiger partial charge in [0.25, 0.3) is 5.89 Å². The zero-order chi connectivity index (χ0) is 28.6. The molecule has 5 rings (SSSR count). The van der Waals surface area contributed by atoms with Crippen LogP contribution in [0.2, 0.25) is 0 Å². The second-order valence-corrected chi connectivity index (χ2v) is 8.80. The van der Waals surface area contributed by atoms with E-state index >= 15 is 0 Å². The second-order valence-electron chi connectivity index (χ2n) is 8.80. The van der Waals surface area contributed by atoms with E-state index in [1.807, 2.05) is 55.5 Å². The van der Waals surface area contributed by atoms with Crippen molar-refractivity contribution in [2.24, 2.45) is 0 Å². The summed E-state index contributed by atoms with van der Waals surface area (Å²) in [4.78, 5) is 16.3. The fourth-order valence-electron chi connectivity index (χ4n) is 3.97. The lowest BCUT2D eigenvalue weighted by Gasteiger charge is -2.12. The summed E-state index contributed by atoms with van der Waals surface area (Å²) in [5, 5.41) is 4.58. The van der Waals surface area contributed by atoms with E-state index in [1.165, 1.54) is 6.08 Å². The highest BCUT2D eigenvalue weighted by molar-refractivity contribution is 5.86. The van der Waals surface area contributed by atoms with E-state index in [9.17, 15) is 4.79 Å². The number of hydrogen-bond donors (Lipinski definition) is 0. The van der Waals surface area contributed by atoms with Crippen molar-refractivity contribution in [3.63, 3.8) is 0 Å². The van der Waals surface area contributed by atoms with Crippen molar-refractivity contribution < 1.29 is 32.6 Å². The third-order valence-corrected chi connectivity index (χ3v) is 6.00.